The molecule has 2 N–H and O–H groups in total. The second-order valence-corrected chi connectivity index (χ2v) is 5.49. The number of nitrogens with two attached hydrogens (primary N) is 1. The normalized spacial score (nSPS) is 13.6. The van der Waals surface area contributed by atoms with Crippen LogP contribution in [0.15, 0.2) is 18.2 Å². The van der Waals surface area contributed by atoms with Gasteiger partial charge in [0.05, 0.1) is 12.3 Å². The molecule has 0 amide bonds. The van der Waals surface area contributed by atoms with E-state index in [0.717, 1.165) is 60.7 Å². The molecule has 3 rings (SSSR count). The Bertz CT molecular complexity index is 667. The summed E-state index contributed by atoms with van der Waals surface area (Å²) in [6.07, 6.45) is 3.98. The van der Waals surface area contributed by atoms with Gasteiger partial charge in [-0.3, -0.25) is 0 Å². The molecule has 0 unspecified atom stereocenters. The number of ether oxygens (including phenoxy) is 1. The minimum Gasteiger partial charge on any atom is -0.493 e. The van der Waals surface area contributed by atoms with Gasteiger partial charge in [-0.25, -0.2) is 9.97 Å². The molecule has 0 saturated heterocycles. The number of nitrogens with zero attached hydrogens (tertiary/aromatic N) is 2. The third-order valence-electron chi connectivity index (χ3n) is 3.89. The maximum atomic E-state index is 6.07. The number of anilines is 1. The summed E-state index contributed by atoms with van der Waals surface area (Å²) in [5.74, 6) is 2.34. The Balaban J connectivity index is 2.16. The van der Waals surface area contributed by atoms with E-state index in [1.807, 2.05) is 6.92 Å². The van der Waals surface area contributed by atoms with Crippen LogP contribution >= 0.6 is 0 Å². The van der Waals surface area contributed by atoms with Crippen LogP contribution in [0.2, 0.25) is 0 Å². The van der Waals surface area contributed by atoms with E-state index in [1.54, 1.807) is 0 Å². The number of nitrogen functional groups attached to an aromatic ring is 1. The summed E-state index contributed by atoms with van der Waals surface area (Å²) < 4.78 is 5.90. The van der Waals surface area contributed by atoms with Crippen LogP contribution < -0.4 is 10.5 Å². The van der Waals surface area contributed by atoms with Gasteiger partial charge in [-0.1, -0.05) is 19.1 Å². The second-order valence-electron chi connectivity index (χ2n) is 5.49. The Morgan fingerprint density at radius 3 is 2.95 bits per heavy atom. The summed E-state index contributed by atoms with van der Waals surface area (Å²) in [6.45, 7) is 4.86. The number of hydrogen-bond donors (Lipinski definition) is 1. The van der Waals surface area contributed by atoms with Crippen LogP contribution in [0.25, 0.3) is 11.3 Å². The van der Waals surface area contributed by atoms with Gasteiger partial charge >= 0.3 is 0 Å². The lowest BCUT2D eigenvalue weighted by atomic mass is 9.98. The lowest BCUT2D eigenvalue weighted by molar-refractivity contribution is 0.289. The van der Waals surface area contributed by atoms with Crippen molar-refractivity contribution >= 4 is 5.82 Å². The molecule has 0 spiro atoms. The molecule has 2 aromatic rings. The van der Waals surface area contributed by atoms with Gasteiger partial charge < -0.3 is 10.5 Å². The first-order valence-corrected chi connectivity index (χ1v) is 7.58. The number of rotatable bonds is 3. The summed E-state index contributed by atoms with van der Waals surface area (Å²) in [7, 11) is 0. The molecule has 0 saturated carbocycles. The highest BCUT2D eigenvalue weighted by molar-refractivity contribution is 5.74. The Hall–Kier alpha value is -2.10. The molecule has 4 nitrogen and oxygen atoms in total. The minimum absolute atomic E-state index is 0.567. The molecule has 2 heterocycles. The standard InChI is InChI=1S/C17H21N3O/c1-3-6-14-19-15(11(2)17(18)20-14)13-9-4-7-12-8-5-10-21-16(12)13/h4,7,9H,3,5-6,8,10H2,1-2H3,(H2,18,19,20). The summed E-state index contributed by atoms with van der Waals surface area (Å²) in [4.78, 5) is 9.12. The topological polar surface area (TPSA) is 61.0 Å². The zero-order valence-electron chi connectivity index (χ0n) is 12.6. The van der Waals surface area contributed by atoms with Crippen molar-refractivity contribution in [1.29, 1.82) is 0 Å². The highest BCUT2D eigenvalue weighted by Crippen LogP contribution is 2.37. The number of fused-ring (bicyclic) bond motifs is 1. The summed E-state index contributed by atoms with van der Waals surface area (Å²) in [6, 6.07) is 6.26. The molecule has 1 aliphatic heterocycles. The summed E-state index contributed by atoms with van der Waals surface area (Å²) >= 11 is 0. The van der Waals surface area contributed by atoms with Gasteiger partial charge in [0.1, 0.15) is 17.4 Å². The van der Waals surface area contributed by atoms with Crippen molar-refractivity contribution in [2.75, 3.05) is 12.3 Å². The van der Waals surface area contributed by atoms with Crippen LogP contribution in [0.3, 0.4) is 0 Å². The quantitative estimate of drug-likeness (QED) is 0.938. The molecule has 1 aliphatic rings. The lowest BCUT2D eigenvalue weighted by Crippen LogP contribution is -2.11. The predicted molar refractivity (Wildman–Crippen MR) is 84.4 cm³/mol. The highest BCUT2D eigenvalue weighted by Gasteiger charge is 2.19. The molecule has 1 aromatic heterocycles. The van der Waals surface area contributed by atoms with Gasteiger partial charge in [0.15, 0.2) is 0 Å². The second kappa shape index (κ2) is 5.72. The van der Waals surface area contributed by atoms with E-state index in [0.29, 0.717) is 5.82 Å². The van der Waals surface area contributed by atoms with Gasteiger partial charge in [0.2, 0.25) is 0 Å². The Morgan fingerprint density at radius 1 is 1.29 bits per heavy atom. The van der Waals surface area contributed by atoms with Crippen molar-refractivity contribution in [3.8, 4) is 17.0 Å². The Morgan fingerprint density at radius 2 is 2.14 bits per heavy atom. The van der Waals surface area contributed by atoms with E-state index in [4.69, 9.17) is 15.5 Å². The third kappa shape index (κ3) is 2.58. The number of benzene rings is 1. The zero-order chi connectivity index (χ0) is 14.8. The molecule has 0 bridgehead atoms. The van der Waals surface area contributed by atoms with Crippen LogP contribution in [-0.2, 0) is 12.8 Å². The van der Waals surface area contributed by atoms with E-state index >= 15 is 0 Å². The van der Waals surface area contributed by atoms with E-state index in [-0.39, 0.29) is 0 Å². The van der Waals surface area contributed by atoms with E-state index in [1.165, 1.54) is 5.56 Å². The fourth-order valence-electron chi connectivity index (χ4n) is 2.76. The van der Waals surface area contributed by atoms with Crippen LogP contribution in [0, 0.1) is 6.92 Å². The van der Waals surface area contributed by atoms with Gasteiger partial charge in [0.25, 0.3) is 0 Å². The molecule has 4 heteroatoms. The smallest absolute Gasteiger partial charge is 0.131 e. The fraction of sp³-hybridized carbons (Fsp3) is 0.412. The molecule has 0 radical (unpaired) electrons. The van der Waals surface area contributed by atoms with Crippen LogP contribution in [0.4, 0.5) is 5.82 Å². The third-order valence-corrected chi connectivity index (χ3v) is 3.89. The van der Waals surface area contributed by atoms with E-state index < -0.39 is 0 Å². The minimum atomic E-state index is 0.567. The van der Waals surface area contributed by atoms with E-state index in [2.05, 4.69) is 30.1 Å². The lowest BCUT2D eigenvalue weighted by Gasteiger charge is -2.21. The van der Waals surface area contributed by atoms with Crippen molar-refractivity contribution in [2.45, 2.75) is 39.5 Å². The van der Waals surface area contributed by atoms with Crippen molar-refractivity contribution in [3.05, 3.63) is 35.2 Å². The van der Waals surface area contributed by atoms with Gasteiger partial charge in [-0.2, -0.15) is 0 Å². The maximum absolute atomic E-state index is 6.07. The molecule has 0 atom stereocenters. The summed E-state index contributed by atoms with van der Waals surface area (Å²) in [5, 5.41) is 0. The zero-order valence-corrected chi connectivity index (χ0v) is 12.6. The van der Waals surface area contributed by atoms with Crippen LogP contribution in [-0.4, -0.2) is 16.6 Å². The predicted octanol–water partition coefficient (Wildman–Crippen LogP) is 3.31. The van der Waals surface area contributed by atoms with E-state index in [9.17, 15) is 0 Å². The van der Waals surface area contributed by atoms with Gasteiger partial charge in [-0.05, 0) is 37.8 Å². The first-order valence-electron chi connectivity index (χ1n) is 7.58. The number of aryl methyl sites for hydroxylation is 2. The average Bonchev–Trinajstić information content (AvgIpc) is 2.50. The molecular formula is C17H21N3O. The van der Waals surface area contributed by atoms with Crippen molar-refractivity contribution in [3.63, 3.8) is 0 Å². The maximum Gasteiger partial charge on any atom is 0.131 e. The number of para-hydroxylation sites is 1. The van der Waals surface area contributed by atoms with Crippen molar-refractivity contribution < 1.29 is 4.74 Å². The largest absolute Gasteiger partial charge is 0.493 e. The molecule has 0 fully saturated rings. The molecule has 21 heavy (non-hydrogen) atoms. The molecule has 1 aromatic carbocycles. The average molecular weight is 283 g/mol. The van der Waals surface area contributed by atoms with Crippen LogP contribution in [0.5, 0.6) is 5.75 Å². The first-order chi connectivity index (χ1) is 10.2. The number of aromatic nitrogens is 2. The SMILES string of the molecule is CCCc1nc(N)c(C)c(-c2cccc3c2OCCC3)n1. The monoisotopic (exact) mass is 283 g/mol. The van der Waals surface area contributed by atoms with Gasteiger partial charge in [-0.15, -0.1) is 0 Å². The first kappa shape index (κ1) is 13.9. The van der Waals surface area contributed by atoms with Crippen molar-refractivity contribution in [2.24, 2.45) is 0 Å². The van der Waals surface area contributed by atoms with Crippen LogP contribution in [0.1, 0.15) is 36.7 Å². The fourth-order valence-corrected chi connectivity index (χ4v) is 2.76. The van der Waals surface area contributed by atoms with Crippen molar-refractivity contribution in [1.82, 2.24) is 9.97 Å². The Kier molecular flexibility index (Phi) is 3.78. The van der Waals surface area contributed by atoms with Gasteiger partial charge in [0, 0.05) is 17.5 Å². The Labute approximate surface area is 125 Å². The molecule has 0 aliphatic carbocycles. The highest BCUT2D eigenvalue weighted by atomic mass is 16.5. The summed E-state index contributed by atoms with van der Waals surface area (Å²) in [5.41, 5.74) is 10.2. The molecule has 110 valence electrons. The molecular weight excluding hydrogens is 262 g/mol. The number of hydrogen-bond acceptors (Lipinski definition) is 4.